The highest BCUT2D eigenvalue weighted by Gasteiger charge is 2.22. The summed E-state index contributed by atoms with van der Waals surface area (Å²) in [5.41, 5.74) is 3.02. The van der Waals surface area contributed by atoms with Crippen LogP contribution in [0, 0.1) is 13.8 Å². The van der Waals surface area contributed by atoms with Crippen molar-refractivity contribution in [2.75, 3.05) is 5.32 Å². The summed E-state index contributed by atoms with van der Waals surface area (Å²) in [6.45, 7) is 3.83. The van der Waals surface area contributed by atoms with E-state index >= 15 is 0 Å². The van der Waals surface area contributed by atoms with E-state index in [1.54, 1.807) is 0 Å². The van der Waals surface area contributed by atoms with Gasteiger partial charge >= 0.3 is 0 Å². The monoisotopic (exact) mass is 433 g/mol. The van der Waals surface area contributed by atoms with Crippen molar-refractivity contribution in [2.24, 2.45) is 0 Å². The number of amides is 1. The van der Waals surface area contributed by atoms with Crippen LogP contribution in [0.1, 0.15) is 64.8 Å². The molecule has 1 aliphatic rings. The van der Waals surface area contributed by atoms with Crippen LogP contribution in [0.5, 0.6) is 0 Å². The van der Waals surface area contributed by atoms with Gasteiger partial charge in [-0.25, -0.2) is 4.98 Å². The van der Waals surface area contributed by atoms with Gasteiger partial charge in [0.25, 0.3) is 5.91 Å². The summed E-state index contributed by atoms with van der Waals surface area (Å²) in [6, 6.07) is 1.99. The maximum Gasteiger partial charge on any atom is 0.276 e. The summed E-state index contributed by atoms with van der Waals surface area (Å²) in [4.78, 5) is 17.4. The van der Waals surface area contributed by atoms with Gasteiger partial charge in [-0.3, -0.25) is 14.5 Å². The molecule has 8 heteroatoms. The topological polar surface area (TPSA) is 72.2 Å². The summed E-state index contributed by atoms with van der Waals surface area (Å²) in [5, 5.41) is 13.0. The van der Waals surface area contributed by atoms with Crippen LogP contribution in [-0.2, 0) is 0 Å². The Kier molecular flexibility index (Phi) is 4.79. The Balaban J connectivity index is 1.60. The van der Waals surface area contributed by atoms with Crippen LogP contribution in [0.15, 0.2) is 16.7 Å². The number of aromatic nitrogens is 4. The van der Waals surface area contributed by atoms with Gasteiger partial charge in [0, 0.05) is 16.6 Å². The van der Waals surface area contributed by atoms with Crippen LogP contribution >= 0.6 is 27.3 Å². The van der Waals surface area contributed by atoms with Crippen LogP contribution < -0.4 is 5.32 Å². The number of halogens is 1. The molecule has 6 nitrogen and oxygen atoms in total. The van der Waals surface area contributed by atoms with Crippen molar-refractivity contribution < 1.29 is 4.79 Å². The van der Waals surface area contributed by atoms with E-state index in [9.17, 15) is 4.79 Å². The number of aryl methyl sites for hydroxylation is 2. The van der Waals surface area contributed by atoms with Gasteiger partial charge in [-0.05, 0) is 54.2 Å². The van der Waals surface area contributed by atoms with Gasteiger partial charge in [0.05, 0.1) is 5.69 Å². The predicted molar refractivity (Wildman–Crippen MR) is 106 cm³/mol. The minimum atomic E-state index is -0.209. The molecule has 0 aromatic carbocycles. The third-order valence-corrected chi connectivity index (χ3v) is 6.31. The quantitative estimate of drug-likeness (QED) is 0.639. The lowest BCUT2D eigenvalue weighted by molar-refractivity contribution is 0.102. The molecule has 1 fully saturated rings. The molecular formula is C18H20BrN5OS. The van der Waals surface area contributed by atoms with Gasteiger partial charge in [0.2, 0.25) is 5.13 Å². The fourth-order valence-electron chi connectivity index (χ4n) is 3.61. The smallest absolute Gasteiger partial charge is 0.276 e. The van der Waals surface area contributed by atoms with Crippen molar-refractivity contribution in [1.29, 1.82) is 0 Å². The second kappa shape index (κ2) is 7.08. The molecule has 1 N–H and O–H groups in total. The van der Waals surface area contributed by atoms with Crippen molar-refractivity contribution in [2.45, 2.75) is 51.9 Å². The average molecular weight is 434 g/mol. The first-order valence-electron chi connectivity index (χ1n) is 8.82. The van der Waals surface area contributed by atoms with E-state index in [4.69, 9.17) is 0 Å². The van der Waals surface area contributed by atoms with Crippen molar-refractivity contribution in [1.82, 2.24) is 19.6 Å². The zero-order valence-electron chi connectivity index (χ0n) is 14.8. The molecule has 1 aliphatic carbocycles. The standard InChI is InChI=1S/C18H20BrN5OS/c1-10-8-13(19)9-24-14(11(2)20-15(10)24)16(25)21-18-23-22-17(26-18)12-6-4-3-5-7-12/h8-9,12H,3-7H2,1-2H3,(H,21,23,25). The molecule has 0 unspecified atom stereocenters. The number of pyridine rings is 1. The van der Waals surface area contributed by atoms with Gasteiger partial charge in [-0.2, -0.15) is 0 Å². The second-order valence-corrected chi connectivity index (χ2v) is 8.74. The minimum absolute atomic E-state index is 0.209. The number of anilines is 1. The number of nitrogens with zero attached hydrogens (tertiary/aromatic N) is 4. The maximum atomic E-state index is 12.9. The van der Waals surface area contributed by atoms with Gasteiger partial charge in [0.1, 0.15) is 16.3 Å². The summed E-state index contributed by atoms with van der Waals surface area (Å²) in [6.07, 6.45) is 8.01. The lowest BCUT2D eigenvalue weighted by Crippen LogP contribution is -2.15. The van der Waals surface area contributed by atoms with Gasteiger partial charge < -0.3 is 0 Å². The molecule has 0 atom stereocenters. The fraction of sp³-hybridized carbons (Fsp3) is 0.444. The molecule has 0 radical (unpaired) electrons. The number of nitrogens with one attached hydrogen (secondary N) is 1. The lowest BCUT2D eigenvalue weighted by atomic mass is 9.90. The molecule has 136 valence electrons. The zero-order valence-corrected chi connectivity index (χ0v) is 17.2. The van der Waals surface area contributed by atoms with E-state index in [0.29, 0.717) is 22.4 Å². The molecule has 26 heavy (non-hydrogen) atoms. The van der Waals surface area contributed by atoms with E-state index in [1.807, 2.05) is 30.5 Å². The maximum absolute atomic E-state index is 12.9. The normalized spacial score (nSPS) is 15.5. The molecule has 1 amide bonds. The van der Waals surface area contributed by atoms with Crippen LogP contribution in [0.2, 0.25) is 0 Å². The number of hydrogen-bond donors (Lipinski definition) is 1. The first-order chi connectivity index (χ1) is 12.5. The predicted octanol–water partition coefficient (Wildman–Crippen LogP) is 4.87. The molecule has 0 bridgehead atoms. The number of hydrogen-bond acceptors (Lipinski definition) is 5. The number of rotatable bonds is 3. The first kappa shape index (κ1) is 17.6. The van der Waals surface area contributed by atoms with E-state index in [0.717, 1.165) is 20.7 Å². The van der Waals surface area contributed by atoms with Crippen molar-refractivity contribution in [3.05, 3.63) is 38.7 Å². The van der Waals surface area contributed by atoms with Crippen molar-refractivity contribution in [3.63, 3.8) is 0 Å². The molecule has 1 saturated carbocycles. The number of carbonyl (C=O) groups excluding carboxylic acids is 1. The van der Waals surface area contributed by atoms with Crippen LogP contribution in [0.3, 0.4) is 0 Å². The molecule has 4 rings (SSSR count). The van der Waals surface area contributed by atoms with Gasteiger partial charge in [-0.15, -0.1) is 10.2 Å². The Morgan fingerprint density at radius 2 is 2.04 bits per heavy atom. The first-order valence-corrected chi connectivity index (χ1v) is 10.4. The number of fused-ring (bicyclic) bond motifs is 1. The van der Waals surface area contributed by atoms with Crippen molar-refractivity contribution in [3.8, 4) is 0 Å². The highest BCUT2D eigenvalue weighted by Crippen LogP contribution is 2.35. The van der Waals surface area contributed by atoms with Crippen LogP contribution in [-0.4, -0.2) is 25.5 Å². The summed E-state index contributed by atoms with van der Waals surface area (Å²) >= 11 is 4.98. The van der Waals surface area contributed by atoms with E-state index in [1.165, 1.54) is 43.4 Å². The second-order valence-electron chi connectivity index (χ2n) is 6.82. The molecule has 0 spiro atoms. The minimum Gasteiger partial charge on any atom is -0.295 e. The molecular weight excluding hydrogens is 414 g/mol. The molecule has 3 heterocycles. The SMILES string of the molecule is Cc1nc2c(C)cc(Br)cn2c1C(=O)Nc1nnc(C2CCCCC2)s1. The fourth-order valence-corrected chi connectivity index (χ4v) is 5.07. The lowest BCUT2D eigenvalue weighted by Gasteiger charge is -2.18. The largest absolute Gasteiger partial charge is 0.295 e. The Bertz CT molecular complexity index is 974. The highest BCUT2D eigenvalue weighted by molar-refractivity contribution is 9.10. The van der Waals surface area contributed by atoms with Crippen LogP contribution in [0.4, 0.5) is 5.13 Å². The average Bonchev–Trinajstić information content (AvgIpc) is 3.20. The Morgan fingerprint density at radius 3 is 2.81 bits per heavy atom. The Morgan fingerprint density at radius 1 is 1.27 bits per heavy atom. The summed E-state index contributed by atoms with van der Waals surface area (Å²) in [5.74, 6) is 0.280. The van der Waals surface area contributed by atoms with E-state index in [2.05, 4.69) is 36.4 Å². The third-order valence-electron chi connectivity index (χ3n) is 4.88. The zero-order chi connectivity index (χ0) is 18.3. The number of imidazole rings is 1. The molecule has 3 aromatic rings. The molecule has 0 saturated heterocycles. The molecule has 0 aliphatic heterocycles. The van der Waals surface area contributed by atoms with E-state index in [-0.39, 0.29) is 5.91 Å². The van der Waals surface area contributed by atoms with E-state index < -0.39 is 0 Å². The third kappa shape index (κ3) is 3.27. The summed E-state index contributed by atoms with van der Waals surface area (Å²) < 4.78 is 2.73. The number of carbonyl (C=O) groups is 1. The molecule has 3 aromatic heterocycles. The Hall–Kier alpha value is -1.80. The highest BCUT2D eigenvalue weighted by atomic mass is 79.9. The van der Waals surface area contributed by atoms with Crippen LogP contribution in [0.25, 0.3) is 5.65 Å². The van der Waals surface area contributed by atoms with Crippen molar-refractivity contribution >= 4 is 44.0 Å². The van der Waals surface area contributed by atoms with Gasteiger partial charge in [-0.1, -0.05) is 30.6 Å². The summed E-state index contributed by atoms with van der Waals surface area (Å²) in [7, 11) is 0. The Labute approximate surface area is 164 Å². The van der Waals surface area contributed by atoms with Gasteiger partial charge in [0.15, 0.2) is 0 Å².